The summed E-state index contributed by atoms with van der Waals surface area (Å²) in [4.78, 5) is 77.9. The number of amides is 4. The van der Waals surface area contributed by atoms with Gasteiger partial charge in [0.25, 0.3) is 0 Å². The van der Waals surface area contributed by atoms with Gasteiger partial charge < -0.3 is 35.5 Å². The van der Waals surface area contributed by atoms with E-state index in [9.17, 15) is 37.2 Å². The molecule has 0 heterocycles. The molecule has 4 amide bonds. The van der Waals surface area contributed by atoms with Crippen molar-refractivity contribution in [2.45, 2.75) is 90.3 Å². The van der Waals surface area contributed by atoms with Crippen LogP contribution in [0.1, 0.15) is 71.6 Å². The quantitative estimate of drug-likeness (QED) is 0.145. The molecule has 0 fully saturated rings. The van der Waals surface area contributed by atoms with E-state index in [-0.39, 0.29) is 6.61 Å². The molecule has 284 valence electrons. The fourth-order valence-corrected chi connectivity index (χ4v) is 4.82. The molecule has 16 heteroatoms. The molecule has 0 aliphatic rings. The van der Waals surface area contributed by atoms with Gasteiger partial charge in [0.15, 0.2) is 9.84 Å². The Kier molecular flexibility index (Phi) is 16.0. The molecule has 0 bridgehead atoms. The maximum atomic E-state index is 13.6. The summed E-state index contributed by atoms with van der Waals surface area (Å²) in [6, 6.07) is 12.7. The standard InChI is InChI=1S/C36H48N4O11S/c1-35(2,3)50-29(42)20-26(18-19-52(7,47)48)38-28(41)22-37-33(45)31(25-16-12-9-13-17-25)40-32(44)27(21-30(43)51-36(4,5)6)39-34(46)49-23-24-14-10-8-11-15-24/h8-19,26-27,31H,20-23H2,1-7H3,(H,37,45)(H,38,41)(H,39,46)(H,40,44)/b19-18+/t26?,27-,31?/m0/s1. The minimum atomic E-state index is -3.61. The summed E-state index contributed by atoms with van der Waals surface area (Å²) in [5.41, 5.74) is -0.750. The minimum Gasteiger partial charge on any atom is -0.460 e. The number of carbonyl (C=O) groups excluding carboxylic acids is 6. The maximum Gasteiger partial charge on any atom is 0.408 e. The van der Waals surface area contributed by atoms with E-state index in [1.165, 1.54) is 0 Å². The first-order valence-corrected chi connectivity index (χ1v) is 18.3. The molecule has 2 unspecified atom stereocenters. The van der Waals surface area contributed by atoms with Crippen LogP contribution in [0.4, 0.5) is 4.79 Å². The SMILES string of the molecule is CC(C)(C)OC(=O)CC(/C=C/S(C)(=O)=O)NC(=O)CNC(=O)C(NC(=O)[C@H](CC(=O)OC(C)(C)C)NC(=O)OCc1ccccc1)c1ccccc1. The highest BCUT2D eigenvalue weighted by Gasteiger charge is 2.32. The fraction of sp³-hybridized carbons (Fsp3) is 0.444. The zero-order chi connectivity index (χ0) is 39.1. The molecular weight excluding hydrogens is 696 g/mol. The van der Waals surface area contributed by atoms with E-state index in [4.69, 9.17) is 14.2 Å². The summed E-state index contributed by atoms with van der Waals surface area (Å²) in [6.07, 6.45) is 0.0562. The van der Waals surface area contributed by atoms with E-state index < -0.39 is 94.3 Å². The van der Waals surface area contributed by atoms with Gasteiger partial charge >= 0.3 is 18.0 Å². The predicted molar refractivity (Wildman–Crippen MR) is 191 cm³/mol. The molecule has 0 saturated heterocycles. The average molecular weight is 745 g/mol. The van der Waals surface area contributed by atoms with Crippen molar-refractivity contribution in [3.8, 4) is 0 Å². The molecule has 0 spiro atoms. The Bertz CT molecular complexity index is 1680. The van der Waals surface area contributed by atoms with Crippen LogP contribution in [0.5, 0.6) is 0 Å². The summed E-state index contributed by atoms with van der Waals surface area (Å²) in [7, 11) is -3.61. The van der Waals surface area contributed by atoms with Gasteiger partial charge in [0.05, 0.1) is 25.4 Å². The van der Waals surface area contributed by atoms with E-state index in [1.807, 2.05) is 0 Å². The Hall–Kier alpha value is -5.25. The highest BCUT2D eigenvalue weighted by molar-refractivity contribution is 7.93. The zero-order valence-electron chi connectivity index (χ0n) is 30.4. The molecule has 2 aromatic rings. The van der Waals surface area contributed by atoms with Gasteiger partial charge in [0.2, 0.25) is 17.7 Å². The zero-order valence-corrected chi connectivity index (χ0v) is 31.2. The third-order valence-electron chi connectivity index (χ3n) is 6.43. The number of benzene rings is 2. The van der Waals surface area contributed by atoms with Gasteiger partial charge in [0, 0.05) is 11.7 Å². The Labute approximate surface area is 304 Å². The lowest BCUT2D eigenvalue weighted by Crippen LogP contribution is -2.52. The van der Waals surface area contributed by atoms with Crippen LogP contribution >= 0.6 is 0 Å². The fourth-order valence-electron chi connectivity index (χ4n) is 4.35. The van der Waals surface area contributed by atoms with Crippen LogP contribution in [0.3, 0.4) is 0 Å². The van der Waals surface area contributed by atoms with Crippen LogP contribution in [0.25, 0.3) is 0 Å². The molecule has 0 saturated carbocycles. The van der Waals surface area contributed by atoms with E-state index in [0.29, 0.717) is 11.1 Å². The first-order chi connectivity index (χ1) is 24.1. The third-order valence-corrected chi connectivity index (χ3v) is 7.08. The van der Waals surface area contributed by atoms with Crippen molar-refractivity contribution in [1.29, 1.82) is 0 Å². The largest absolute Gasteiger partial charge is 0.460 e. The lowest BCUT2D eigenvalue weighted by molar-refractivity contribution is -0.157. The number of sulfone groups is 1. The van der Waals surface area contributed by atoms with Crippen molar-refractivity contribution >= 4 is 45.6 Å². The summed E-state index contributed by atoms with van der Waals surface area (Å²) < 4.78 is 39.3. The lowest BCUT2D eigenvalue weighted by Gasteiger charge is -2.25. The summed E-state index contributed by atoms with van der Waals surface area (Å²) in [5, 5.41) is 10.6. The van der Waals surface area contributed by atoms with E-state index in [0.717, 1.165) is 17.7 Å². The van der Waals surface area contributed by atoms with Crippen LogP contribution in [-0.4, -0.2) is 80.3 Å². The number of hydrogen-bond donors (Lipinski definition) is 4. The first-order valence-electron chi connectivity index (χ1n) is 16.3. The molecule has 0 aliphatic heterocycles. The van der Waals surface area contributed by atoms with Gasteiger partial charge in [-0.1, -0.05) is 66.7 Å². The monoisotopic (exact) mass is 744 g/mol. The molecule has 0 radical (unpaired) electrons. The first kappa shape index (κ1) is 42.9. The second-order valence-corrected chi connectivity index (χ2v) is 15.7. The number of alkyl carbamates (subject to hydrolysis) is 1. The molecule has 2 rings (SSSR count). The Morgan fingerprint density at radius 1 is 0.731 bits per heavy atom. The Balaban J connectivity index is 2.23. The second kappa shape index (κ2) is 19.4. The highest BCUT2D eigenvalue weighted by atomic mass is 32.2. The van der Waals surface area contributed by atoms with Crippen LogP contribution in [0, 0.1) is 0 Å². The maximum absolute atomic E-state index is 13.6. The van der Waals surface area contributed by atoms with E-state index >= 15 is 0 Å². The predicted octanol–water partition coefficient (Wildman–Crippen LogP) is 2.76. The van der Waals surface area contributed by atoms with Crippen molar-refractivity contribution in [2.75, 3.05) is 12.8 Å². The lowest BCUT2D eigenvalue weighted by atomic mass is 10.0. The highest BCUT2D eigenvalue weighted by Crippen LogP contribution is 2.15. The van der Waals surface area contributed by atoms with Crippen molar-refractivity contribution < 1.29 is 51.4 Å². The van der Waals surface area contributed by atoms with Gasteiger partial charge in [-0.25, -0.2) is 13.2 Å². The number of ether oxygens (including phenoxy) is 3. The molecule has 52 heavy (non-hydrogen) atoms. The number of carbonyl (C=O) groups is 6. The molecule has 4 N–H and O–H groups in total. The molecule has 15 nitrogen and oxygen atoms in total. The van der Waals surface area contributed by atoms with Gasteiger partial charge in [-0.3, -0.25) is 24.0 Å². The Morgan fingerprint density at radius 3 is 1.81 bits per heavy atom. The topological polar surface area (TPSA) is 212 Å². The van der Waals surface area contributed by atoms with Crippen molar-refractivity contribution in [1.82, 2.24) is 21.3 Å². The smallest absolute Gasteiger partial charge is 0.408 e. The third kappa shape index (κ3) is 18.1. The normalized spacial score (nSPS) is 13.5. The van der Waals surface area contributed by atoms with Crippen LogP contribution < -0.4 is 21.3 Å². The van der Waals surface area contributed by atoms with Crippen LogP contribution in [0.15, 0.2) is 72.1 Å². The van der Waals surface area contributed by atoms with E-state index in [1.54, 1.807) is 102 Å². The molecule has 2 aromatic carbocycles. The van der Waals surface area contributed by atoms with Crippen LogP contribution in [0.2, 0.25) is 0 Å². The minimum absolute atomic E-state index is 0.118. The van der Waals surface area contributed by atoms with Gasteiger partial charge in [-0.15, -0.1) is 0 Å². The van der Waals surface area contributed by atoms with Crippen molar-refractivity contribution in [3.05, 3.63) is 83.3 Å². The van der Waals surface area contributed by atoms with Gasteiger partial charge in [-0.2, -0.15) is 0 Å². The molecule has 0 aromatic heterocycles. The molecule has 0 aliphatic carbocycles. The Morgan fingerprint density at radius 2 is 1.27 bits per heavy atom. The van der Waals surface area contributed by atoms with Gasteiger partial charge in [0.1, 0.15) is 29.9 Å². The second-order valence-electron chi connectivity index (χ2n) is 13.7. The van der Waals surface area contributed by atoms with Crippen LogP contribution in [-0.2, 0) is 54.6 Å². The summed E-state index contributed by atoms with van der Waals surface area (Å²) in [6.45, 7) is 9.09. The number of hydrogen-bond acceptors (Lipinski definition) is 11. The number of rotatable bonds is 16. The molecular formula is C36H48N4O11S. The van der Waals surface area contributed by atoms with Crippen molar-refractivity contribution in [3.63, 3.8) is 0 Å². The number of esters is 2. The molecule has 3 atom stereocenters. The van der Waals surface area contributed by atoms with Crippen molar-refractivity contribution in [2.24, 2.45) is 0 Å². The summed E-state index contributed by atoms with van der Waals surface area (Å²) >= 11 is 0. The average Bonchev–Trinajstić information content (AvgIpc) is 3.02. The number of nitrogens with one attached hydrogen (secondary N) is 4. The summed E-state index contributed by atoms with van der Waals surface area (Å²) in [5.74, 6) is -4.07. The van der Waals surface area contributed by atoms with Gasteiger partial charge in [-0.05, 0) is 52.7 Å². The van der Waals surface area contributed by atoms with E-state index in [2.05, 4.69) is 21.3 Å².